The number of benzene rings is 1. The fraction of sp³-hybridized carbons (Fsp3) is 0.333. The first kappa shape index (κ1) is 13.9. The van der Waals surface area contributed by atoms with E-state index in [0.717, 1.165) is 5.56 Å². The van der Waals surface area contributed by atoms with Crippen LogP contribution in [-0.2, 0) is 16.1 Å². The summed E-state index contributed by atoms with van der Waals surface area (Å²) in [6.45, 7) is 1.61. The predicted molar refractivity (Wildman–Crippen MR) is 74.4 cm³/mol. The van der Waals surface area contributed by atoms with Crippen LogP contribution in [0.15, 0.2) is 30.5 Å². The molecule has 1 aliphatic heterocycles. The number of carboxylic acid groups (broad SMARTS) is 1. The van der Waals surface area contributed by atoms with Crippen molar-refractivity contribution in [1.29, 1.82) is 0 Å². The van der Waals surface area contributed by atoms with E-state index in [2.05, 4.69) is 4.98 Å². The van der Waals surface area contributed by atoms with E-state index >= 15 is 0 Å². The minimum Gasteiger partial charge on any atom is -0.480 e. The first-order valence-corrected chi connectivity index (χ1v) is 6.73. The molecule has 3 rings (SSSR count). The van der Waals surface area contributed by atoms with Crippen LogP contribution < -0.4 is 0 Å². The van der Waals surface area contributed by atoms with Crippen LogP contribution in [0.5, 0.6) is 0 Å². The maximum Gasteiger partial charge on any atom is 0.323 e. The van der Waals surface area contributed by atoms with Gasteiger partial charge in [-0.1, -0.05) is 6.07 Å². The Bertz CT molecular complexity index is 677. The molecule has 1 saturated heterocycles. The number of ether oxygens (including phenoxy) is 1. The highest BCUT2D eigenvalue weighted by molar-refractivity contribution is 5.82. The van der Waals surface area contributed by atoms with Crippen LogP contribution in [0.4, 0.5) is 4.39 Å². The van der Waals surface area contributed by atoms with Crippen LogP contribution in [0, 0.1) is 5.82 Å². The molecule has 1 aliphatic rings. The average Bonchev–Trinajstić information content (AvgIpc) is 2.51. The van der Waals surface area contributed by atoms with E-state index in [9.17, 15) is 14.3 Å². The van der Waals surface area contributed by atoms with Crippen molar-refractivity contribution in [3.63, 3.8) is 0 Å². The van der Waals surface area contributed by atoms with Gasteiger partial charge in [-0.3, -0.25) is 14.7 Å². The number of morpholine rings is 1. The molecule has 2 aromatic rings. The van der Waals surface area contributed by atoms with E-state index in [1.54, 1.807) is 24.4 Å². The Balaban J connectivity index is 1.94. The van der Waals surface area contributed by atoms with Crippen molar-refractivity contribution in [2.24, 2.45) is 0 Å². The zero-order valence-electron chi connectivity index (χ0n) is 11.3. The molecule has 0 radical (unpaired) electrons. The Morgan fingerprint density at radius 3 is 3.14 bits per heavy atom. The summed E-state index contributed by atoms with van der Waals surface area (Å²) >= 11 is 0. The monoisotopic (exact) mass is 290 g/mol. The topological polar surface area (TPSA) is 62.7 Å². The van der Waals surface area contributed by atoms with Crippen molar-refractivity contribution in [3.05, 3.63) is 41.8 Å². The SMILES string of the molecule is O=C(O)C1COCCN1Cc1ccc(F)c2cccnc12. The van der Waals surface area contributed by atoms with Gasteiger partial charge in [0, 0.05) is 24.7 Å². The molecular formula is C15H15FN2O3. The summed E-state index contributed by atoms with van der Waals surface area (Å²) in [7, 11) is 0. The van der Waals surface area contributed by atoms with Gasteiger partial charge in [0.1, 0.15) is 11.9 Å². The van der Waals surface area contributed by atoms with Gasteiger partial charge >= 0.3 is 5.97 Å². The summed E-state index contributed by atoms with van der Waals surface area (Å²) in [6, 6.07) is 5.75. The maximum atomic E-state index is 13.8. The summed E-state index contributed by atoms with van der Waals surface area (Å²) in [5.74, 6) is -1.23. The first-order valence-electron chi connectivity index (χ1n) is 6.73. The summed E-state index contributed by atoms with van der Waals surface area (Å²) < 4.78 is 19.0. The van der Waals surface area contributed by atoms with Crippen LogP contribution in [0.25, 0.3) is 10.9 Å². The molecule has 0 amide bonds. The number of rotatable bonds is 3. The Morgan fingerprint density at radius 1 is 1.48 bits per heavy atom. The summed E-state index contributed by atoms with van der Waals surface area (Å²) in [5.41, 5.74) is 1.40. The highest BCUT2D eigenvalue weighted by atomic mass is 19.1. The van der Waals surface area contributed by atoms with Crippen LogP contribution in [0.3, 0.4) is 0 Å². The fourth-order valence-corrected chi connectivity index (χ4v) is 2.60. The summed E-state index contributed by atoms with van der Waals surface area (Å²) in [6.07, 6.45) is 1.61. The molecule has 0 saturated carbocycles. The van der Waals surface area contributed by atoms with Gasteiger partial charge in [0.2, 0.25) is 0 Å². The highest BCUT2D eigenvalue weighted by Gasteiger charge is 2.29. The Labute approximate surface area is 121 Å². The van der Waals surface area contributed by atoms with Gasteiger partial charge in [-0.25, -0.2) is 4.39 Å². The van der Waals surface area contributed by atoms with Crippen molar-refractivity contribution < 1.29 is 19.0 Å². The molecule has 2 heterocycles. The van der Waals surface area contributed by atoms with Crippen LogP contribution in [0.1, 0.15) is 5.56 Å². The molecule has 0 aliphatic carbocycles. The molecule has 5 nitrogen and oxygen atoms in total. The molecule has 6 heteroatoms. The second kappa shape index (κ2) is 5.75. The van der Waals surface area contributed by atoms with Crippen LogP contribution >= 0.6 is 0 Å². The van der Waals surface area contributed by atoms with Gasteiger partial charge in [0.25, 0.3) is 0 Å². The van der Waals surface area contributed by atoms with E-state index in [1.165, 1.54) is 6.07 Å². The number of aliphatic carboxylic acids is 1. The smallest absolute Gasteiger partial charge is 0.323 e. The Morgan fingerprint density at radius 2 is 2.33 bits per heavy atom. The number of pyridine rings is 1. The number of carbonyl (C=O) groups is 1. The lowest BCUT2D eigenvalue weighted by Crippen LogP contribution is -2.49. The van der Waals surface area contributed by atoms with E-state index < -0.39 is 12.0 Å². The summed E-state index contributed by atoms with van der Waals surface area (Å²) in [5, 5.41) is 9.70. The van der Waals surface area contributed by atoms with Crippen LogP contribution in [0.2, 0.25) is 0 Å². The largest absolute Gasteiger partial charge is 0.480 e. The highest BCUT2D eigenvalue weighted by Crippen LogP contribution is 2.22. The van der Waals surface area contributed by atoms with Gasteiger partial charge in [-0.2, -0.15) is 0 Å². The summed E-state index contributed by atoms with van der Waals surface area (Å²) in [4.78, 5) is 17.3. The van der Waals surface area contributed by atoms with Crippen molar-refractivity contribution >= 4 is 16.9 Å². The van der Waals surface area contributed by atoms with Crippen molar-refractivity contribution in [2.45, 2.75) is 12.6 Å². The molecule has 1 atom stereocenters. The average molecular weight is 290 g/mol. The predicted octanol–water partition coefficient (Wildman–Crippen LogP) is 1.66. The maximum absolute atomic E-state index is 13.8. The first-order chi connectivity index (χ1) is 10.2. The molecule has 1 fully saturated rings. The van der Waals surface area contributed by atoms with E-state index in [-0.39, 0.29) is 12.4 Å². The molecule has 1 aromatic heterocycles. The minimum atomic E-state index is -0.908. The molecule has 0 spiro atoms. The molecular weight excluding hydrogens is 275 g/mol. The number of aromatic nitrogens is 1. The minimum absolute atomic E-state index is 0.169. The lowest BCUT2D eigenvalue weighted by atomic mass is 10.1. The quantitative estimate of drug-likeness (QED) is 0.931. The van der Waals surface area contributed by atoms with E-state index in [0.29, 0.717) is 30.6 Å². The van der Waals surface area contributed by atoms with E-state index in [4.69, 9.17) is 4.74 Å². The zero-order valence-corrected chi connectivity index (χ0v) is 11.3. The number of hydrogen-bond donors (Lipinski definition) is 1. The molecule has 0 bridgehead atoms. The van der Waals surface area contributed by atoms with Gasteiger partial charge in [-0.15, -0.1) is 0 Å². The second-order valence-corrected chi connectivity index (χ2v) is 5.01. The third-order valence-corrected chi connectivity index (χ3v) is 3.70. The molecule has 1 unspecified atom stereocenters. The third-order valence-electron chi connectivity index (χ3n) is 3.70. The van der Waals surface area contributed by atoms with Crippen LogP contribution in [-0.4, -0.2) is 46.8 Å². The normalized spacial score (nSPS) is 19.8. The van der Waals surface area contributed by atoms with Gasteiger partial charge in [0.15, 0.2) is 0 Å². The lowest BCUT2D eigenvalue weighted by molar-refractivity contribution is -0.150. The van der Waals surface area contributed by atoms with Crippen molar-refractivity contribution in [1.82, 2.24) is 9.88 Å². The molecule has 110 valence electrons. The third kappa shape index (κ3) is 2.72. The number of halogens is 1. The number of hydrogen-bond acceptors (Lipinski definition) is 4. The van der Waals surface area contributed by atoms with E-state index in [1.807, 2.05) is 4.90 Å². The lowest BCUT2D eigenvalue weighted by Gasteiger charge is -2.32. The second-order valence-electron chi connectivity index (χ2n) is 5.01. The van der Waals surface area contributed by atoms with Crippen molar-refractivity contribution in [2.75, 3.05) is 19.8 Å². The number of nitrogens with zero attached hydrogens (tertiary/aromatic N) is 2. The Kier molecular flexibility index (Phi) is 3.81. The molecule has 1 N–H and O–H groups in total. The fourth-order valence-electron chi connectivity index (χ4n) is 2.60. The molecule has 1 aromatic carbocycles. The van der Waals surface area contributed by atoms with Gasteiger partial charge < -0.3 is 9.84 Å². The number of fused-ring (bicyclic) bond motifs is 1. The van der Waals surface area contributed by atoms with Gasteiger partial charge in [-0.05, 0) is 23.8 Å². The Hall–Kier alpha value is -2.05. The zero-order chi connectivity index (χ0) is 14.8. The standard InChI is InChI=1S/C15H15FN2O3/c16-12-4-3-10(14-11(12)2-1-5-17-14)8-18-6-7-21-9-13(18)15(19)20/h1-5,13H,6-9H2,(H,19,20). The number of carboxylic acids is 1. The van der Waals surface area contributed by atoms with Gasteiger partial charge in [0.05, 0.1) is 18.7 Å². The van der Waals surface area contributed by atoms with Crippen molar-refractivity contribution in [3.8, 4) is 0 Å². The molecule has 21 heavy (non-hydrogen) atoms.